The first kappa shape index (κ1) is 23.7. The number of amides is 1. The van der Waals surface area contributed by atoms with Gasteiger partial charge in [-0.05, 0) is 23.7 Å². The van der Waals surface area contributed by atoms with Crippen molar-refractivity contribution in [3.05, 3.63) is 59.8 Å². The number of aromatic amines is 1. The van der Waals surface area contributed by atoms with Gasteiger partial charge < -0.3 is 25.1 Å². The molecule has 0 spiro atoms. The number of thioether (sulfide) groups is 1. The number of carbonyl (C=O) groups is 1. The van der Waals surface area contributed by atoms with E-state index < -0.39 is 6.29 Å². The number of nitrogens with zero attached hydrogens (tertiary/aromatic N) is 5. The van der Waals surface area contributed by atoms with Crippen LogP contribution in [0.4, 0.5) is 5.82 Å². The molecule has 1 atom stereocenters. The normalized spacial score (nSPS) is 15.1. The molecule has 1 aliphatic heterocycles. The van der Waals surface area contributed by atoms with Gasteiger partial charge in [0.1, 0.15) is 12.6 Å². The molecule has 5 rings (SSSR count). The number of nitrogen functional groups attached to an aromatic ring is 1. The van der Waals surface area contributed by atoms with Crippen molar-refractivity contribution in [3.63, 3.8) is 0 Å². The molecule has 0 fully saturated rings. The Morgan fingerprint density at radius 3 is 2.94 bits per heavy atom. The standard InChI is InChI=1S/C24H26N8O3S/c1-14(2)11-26-18(33)8-10-32-22-20(21(25)27-13-28-22)30-24(32)36-19-12-34-23(35-19)16-6-4-3-5-15(16)17-7-9-29-31-17/h3-7,9,12-14,23H,8,10-11H2,1-2H3,(H,26,33)(H,29,31)(H2,25,27,28). The third-order valence-corrected chi connectivity index (χ3v) is 6.38. The molecule has 186 valence electrons. The molecule has 1 unspecified atom stereocenters. The van der Waals surface area contributed by atoms with Crippen LogP contribution in [-0.2, 0) is 20.8 Å². The van der Waals surface area contributed by atoms with Gasteiger partial charge in [0.2, 0.25) is 11.0 Å². The van der Waals surface area contributed by atoms with Crippen LogP contribution in [0.1, 0.15) is 32.1 Å². The van der Waals surface area contributed by atoms with Gasteiger partial charge in [-0.2, -0.15) is 5.10 Å². The fourth-order valence-corrected chi connectivity index (χ4v) is 4.58. The molecule has 1 amide bonds. The summed E-state index contributed by atoms with van der Waals surface area (Å²) >= 11 is 1.27. The molecule has 0 aliphatic carbocycles. The van der Waals surface area contributed by atoms with Gasteiger partial charge in [0.15, 0.2) is 22.1 Å². The molecule has 0 saturated heterocycles. The summed E-state index contributed by atoms with van der Waals surface area (Å²) in [5.41, 5.74) is 9.64. The first-order valence-electron chi connectivity index (χ1n) is 11.5. The second-order valence-corrected chi connectivity index (χ2v) is 9.57. The van der Waals surface area contributed by atoms with Crippen LogP contribution in [0.25, 0.3) is 22.4 Å². The lowest BCUT2D eigenvalue weighted by molar-refractivity contribution is -0.121. The van der Waals surface area contributed by atoms with Crippen molar-refractivity contribution in [2.45, 2.75) is 38.3 Å². The lowest BCUT2D eigenvalue weighted by atomic mass is 10.0. The molecule has 1 aromatic carbocycles. The highest BCUT2D eigenvalue weighted by molar-refractivity contribution is 8.02. The van der Waals surface area contributed by atoms with E-state index in [-0.39, 0.29) is 18.1 Å². The summed E-state index contributed by atoms with van der Waals surface area (Å²) in [4.78, 5) is 25.4. The van der Waals surface area contributed by atoms with Crippen LogP contribution < -0.4 is 11.1 Å². The fourth-order valence-electron chi connectivity index (χ4n) is 3.73. The Morgan fingerprint density at radius 2 is 2.14 bits per heavy atom. The van der Waals surface area contributed by atoms with Crippen LogP contribution in [-0.4, -0.2) is 42.2 Å². The van der Waals surface area contributed by atoms with Crippen LogP contribution in [0.3, 0.4) is 0 Å². The molecule has 1 aliphatic rings. The molecular formula is C24H26N8O3S. The predicted octanol–water partition coefficient (Wildman–Crippen LogP) is 3.60. The molecule has 11 nitrogen and oxygen atoms in total. The highest BCUT2D eigenvalue weighted by Crippen LogP contribution is 2.40. The summed E-state index contributed by atoms with van der Waals surface area (Å²) in [5, 5.41) is 11.1. The predicted molar refractivity (Wildman–Crippen MR) is 135 cm³/mol. The average molecular weight is 507 g/mol. The average Bonchev–Trinajstić information content (AvgIpc) is 3.63. The van der Waals surface area contributed by atoms with Crippen molar-refractivity contribution in [2.75, 3.05) is 12.3 Å². The second kappa shape index (κ2) is 10.3. The van der Waals surface area contributed by atoms with E-state index in [1.54, 1.807) is 12.5 Å². The van der Waals surface area contributed by atoms with Gasteiger partial charge in [-0.25, -0.2) is 15.0 Å². The summed E-state index contributed by atoms with van der Waals surface area (Å²) in [5.74, 6) is 0.603. The van der Waals surface area contributed by atoms with Crippen molar-refractivity contribution in [1.29, 1.82) is 0 Å². The minimum atomic E-state index is -0.634. The van der Waals surface area contributed by atoms with Crippen molar-refractivity contribution in [3.8, 4) is 11.3 Å². The zero-order valence-electron chi connectivity index (χ0n) is 19.8. The van der Waals surface area contributed by atoms with Gasteiger partial charge in [0.25, 0.3) is 6.29 Å². The number of hydrogen-bond acceptors (Lipinski definition) is 9. The van der Waals surface area contributed by atoms with E-state index in [4.69, 9.17) is 15.2 Å². The molecule has 0 bridgehead atoms. The fraction of sp³-hybridized carbons (Fsp3) is 0.292. The zero-order chi connectivity index (χ0) is 25.1. The number of nitrogens with two attached hydrogens (primary N) is 1. The third kappa shape index (κ3) is 4.98. The van der Waals surface area contributed by atoms with Crippen molar-refractivity contribution in [2.24, 2.45) is 5.92 Å². The first-order chi connectivity index (χ1) is 17.5. The first-order valence-corrected chi connectivity index (χ1v) is 12.3. The second-order valence-electron chi connectivity index (χ2n) is 8.60. The smallest absolute Gasteiger partial charge is 0.268 e. The maximum Gasteiger partial charge on any atom is 0.268 e. The van der Waals surface area contributed by atoms with Crippen molar-refractivity contribution in [1.82, 2.24) is 35.0 Å². The Labute approximate surface area is 211 Å². The van der Waals surface area contributed by atoms with Gasteiger partial charge in [-0.1, -0.05) is 38.1 Å². The number of aromatic nitrogens is 6. The van der Waals surface area contributed by atoms with Crippen LogP contribution >= 0.6 is 11.8 Å². The number of aryl methyl sites for hydroxylation is 1. The lowest BCUT2D eigenvalue weighted by Crippen LogP contribution is -2.28. The SMILES string of the molecule is CC(C)CNC(=O)CCn1c(SC2=COC(c3ccccc3-c3cc[nH]n3)O2)nc2c(N)ncnc21. The minimum Gasteiger partial charge on any atom is -0.454 e. The summed E-state index contributed by atoms with van der Waals surface area (Å²) in [6, 6.07) is 9.67. The number of anilines is 1. The van der Waals surface area contributed by atoms with Crippen LogP contribution in [0.2, 0.25) is 0 Å². The van der Waals surface area contributed by atoms with Crippen molar-refractivity contribution < 1.29 is 14.3 Å². The molecule has 0 saturated carbocycles. The molecule has 0 radical (unpaired) electrons. The Morgan fingerprint density at radius 1 is 1.28 bits per heavy atom. The number of carbonyl (C=O) groups excluding carboxylic acids is 1. The summed E-state index contributed by atoms with van der Waals surface area (Å²) in [6.07, 6.45) is 4.35. The van der Waals surface area contributed by atoms with E-state index in [1.807, 2.05) is 34.9 Å². The van der Waals surface area contributed by atoms with E-state index in [2.05, 4.69) is 44.3 Å². The highest BCUT2D eigenvalue weighted by atomic mass is 32.2. The number of imidazole rings is 1. The van der Waals surface area contributed by atoms with E-state index >= 15 is 0 Å². The molecule has 12 heteroatoms. The van der Waals surface area contributed by atoms with Crippen LogP contribution in [0.15, 0.2) is 59.4 Å². The quantitative estimate of drug-likeness (QED) is 0.310. The van der Waals surface area contributed by atoms with E-state index in [0.29, 0.717) is 40.4 Å². The largest absolute Gasteiger partial charge is 0.454 e. The van der Waals surface area contributed by atoms with Crippen molar-refractivity contribution >= 4 is 34.7 Å². The number of rotatable bonds is 9. The van der Waals surface area contributed by atoms with Gasteiger partial charge in [-0.15, -0.1) is 0 Å². The number of nitrogens with one attached hydrogen (secondary N) is 2. The monoisotopic (exact) mass is 506 g/mol. The van der Waals surface area contributed by atoms with Gasteiger partial charge in [0, 0.05) is 36.8 Å². The Balaban J connectivity index is 1.34. The minimum absolute atomic E-state index is 0.0433. The summed E-state index contributed by atoms with van der Waals surface area (Å²) < 4.78 is 13.8. The molecule has 3 aromatic heterocycles. The Kier molecular flexibility index (Phi) is 6.76. The Hall–Kier alpha value is -4.06. The number of fused-ring (bicyclic) bond motifs is 1. The van der Waals surface area contributed by atoms with E-state index in [0.717, 1.165) is 16.8 Å². The summed E-state index contributed by atoms with van der Waals surface area (Å²) in [6.45, 7) is 5.10. The van der Waals surface area contributed by atoms with Gasteiger partial charge >= 0.3 is 0 Å². The topological polar surface area (TPSA) is 146 Å². The maximum absolute atomic E-state index is 12.4. The zero-order valence-corrected chi connectivity index (χ0v) is 20.7. The maximum atomic E-state index is 12.4. The Bertz CT molecular complexity index is 1400. The lowest BCUT2D eigenvalue weighted by Gasteiger charge is -2.15. The summed E-state index contributed by atoms with van der Waals surface area (Å²) in [7, 11) is 0. The van der Waals surface area contributed by atoms with E-state index in [9.17, 15) is 4.79 Å². The molecule has 4 N–H and O–H groups in total. The van der Waals surface area contributed by atoms with Gasteiger partial charge in [0.05, 0.1) is 5.69 Å². The number of hydrogen-bond donors (Lipinski definition) is 3. The van der Waals surface area contributed by atoms with Crippen LogP contribution in [0, 0.1) is 5.92 Å². The third-order valence-electron chi connectivity index (χ3n) is 5.49. The van der Waals surface area contributed by atoms with Gasteiger partial charge in [-0.3, -0.25) is 9.89 Å². The highest BCUT2D eigenvalue weighted by Gasteiger charge is 2.27. The van der Waals surface area contributed by atoms with E-state index in [1.165, 1.54) is 18.1 Å². The number of H-pyrrole nitrogens is 1. The molecule has 4 heterocycles. The molecular weight excluding hydrogens is 480 g/mol. The van der Waals surface area contributed by atoms with Crippen LogP contribution in [0.5, 0.6) is 0 Å². The number of benzene rings is 1. The number of ether oxygens (including phenoxy) is 2. The molecule has 36 heavy (non-hydrogen) atoms. The molecule has 4 aromatic rings.